The number of nitrogens with one attached hydrogen (secondary N) is 1. The van der Waals surface area contributed by atoms with Crippen LogP contribution in [0.2, 0.25) is 0 Å². The molecule has 96 valence electrons. The summed E-state index contributed by atoms with van der Waals surface area (Å²) >= 11 is 0. The van der Waals surface area contributed by atoms with Crippen LogP contribution in [-0.4, -0.2) is 28.5 Å². The summed E-state index contributed by atoms with van der Waals surface area (Å²) in [5, 5.41) is 15.7. The highest BCUT2D eigenvalue weighted by Crippen LogP contribution is 2.14. The zero-order valence-electron chi connectivity index (χ0n) is 10.3. The molecule has 17 heavy (non-hydrogen) atoms. The summed E-state index contributed by atoms with van der Waals surface area (Å²) in [6.07, 6.45) is 0.531. The van der Waals surface area contributed by atoms with Gasteiger partial charge in [0.05, 0.1) is 6.20 Å². The third-order valence-electron chi connectivity index (χ3n) is 1.87. The van der Waals surface area contributed by atoms with E-state index in [1.807, 2.05) is 0 Å². The van der Waals surface area contributed by atoms with E-state index in [1.54, 1.807) is 26.8 Å². The molecule has 0 saturated carbocycles. The summed E-state index contributed by atoms with van der Waals surface area (Å²) in [6, 6.07) is 1.58. The molecule has 1 heterocycles. The van der Waals surface area contributed by atoms with E-state index >= 15 is 0 Å². The van der Waals surface area contributed by atoms with Gasteiger partial charge in [-0.05, 0) is 27.2 Å². The number of ether oxygens (including phenoxy) is 1. The number of aromatic nitrogens is 1. The van der Waals surface area contributed by atoms with Crippen molar-refractivity contribution in [1.82, 2.24) is 10.5 Å². The minimum absolute atomic E-state index is 0.302. The van der Waals surface area contributed by atoms with Gasteiger partial charge in [-0.1, -0.05) is 5.16 Å². The molecule has 0 fully saturated rings. The standard InChI is InChI=1S/C11H18N2O4/c1-11(2,3)16-10(15)12-6-4-8(14)9-5-7-13-17-9/h5,7-8,14H,4,6H2,1-3H3,(H,12,15)/t8-/m0/s1. The van der Waals surface area contributed by atoms with Crippen LogP contribution in [0.3, 0.4) is 0 Å². The lowest BCUT2D eigenvalue weighted by atomic mass is 10.2. The Kier molecular flexibility index (Phi) is 4.51. The van der Waals surface area contributed by atoms with Crippen LogP contribution < -0.4 is 5.32 Å². The van der Waals surface area contributed by atoms with Gasteiger partial charge >= 0.3 is 6.09 Å². The molecule has 1 rings (SSSR count). The summed E-state index contributed by atoms with van der Waals surface area (Å²) < 4.78 is 9.83. The molecular formula is C11H18N2O4. The molecule has 0 aromatic carbocycles. The van der Waals surface area contributed by atoms with Gasteiger partial charge in [0.15, 0.2) is 5.76 Å². The summed E-state index contributed by atoms with van der Waals surface area (Å²) in [5.74, 6) is 0.385. The smallest absolute Gasteiger partial charge is 0.407 e. The highest BCUT2D eigenvalue weighted by Gasteiger charge is 2.16. The van der Waals surface area contributed by atoms with Crippen LogP contribution in [-0.2, 0) is 4.74 Å². The SMILES string of the molecule is CC(C)(C)OC(=O)NCC[C@H](O)c1ccno1. The van der Waals surface area contributed by atoms with E-state index in [9.17, 15) is 9.90 Å². The number of carbonyl (C=O) groups excluding carboxylic acids is 1. The van der Waals surface area contributed by atoms with E-state index in [2.05, 4.69) is 10.5 Å². The van der Waals surface area contributed by atoms with Crippen LogP contribution in [0.5, 0.6) is 0 Å². The summed E-state index contributed by atoms with van der Waals surface area (Å²) in [6.45, 7) is 5.67. The first-order valence-electron chi connectivity index (χ1n) is 5.44. The number of hydrogen-bond donors (Lipinski definition) is 2. The maximum atomic E-state index is 11.3. The van der Waals surface area contributed by atoms with E-state index in [0.717, 1.165) is 0 Å². The molecule has 1 aromatic heterocycles. The molecule has 6 heteroatoms. The lowest BCUT2D eigenvalue weighted by Crippen LogP contribution is -2.33. The fourth-order valence-corrected chi connectivity index (χ4v) is 1.16. The fraction of sp³-hybridized carbons (Fsp3) is 0.636. The highest BCUT2D eigenvalue weighted by atomic mass is 16.6. The molecule has 1 atom stereocenters. The molecule has 0 unspecified atom stereocenters. The highest BCUT2D eigenvalue weighted by molar-refractivity contribution is 5.67. The van der Waals surface area contributed by atoms with Crippen molar-refractivity contribution in [2.24, 2.45) is 0 Å². The molecule has 0 aliphatic heterocycles. The average Bonchev–Trinajstić information content (AvgIpc) is 2.66. The number of hydrogen-bond acceptors (Lipinski definition) is 5. The Morgan fingerprint density at radius 1 is 1.65 bits per heavy atom. The Morgan fingerprint density at radius 3 is 2.88 bits per heavy atom. The van der Waals surface area contributed by atoms with Crippen LogP contribution in [0.4, 0.5) is 4.79 Å². The first kappa shape index (κ1) is 13.5. The molecule has 6 nitrogen and oxygen atoms in total. The summed E-state index contributed by atoms with van der Waals surface area (Å²) in [7, 11) is 0. The van der Waals surface area contributed by atoms with Gasteiger partial charge in [-0.25, -0.2) is 4.79 Å². The zero-order valence-corrected chi connectivity index (χ0v) is 10.3. The third-order valence-corrected chi connectivity index (χ3v) is 1.87. The van der Waals surface area contributed by atoms with Gasteiger partial charge < -0.3 is 19.7 Å². The van der Waals surface area contributed by atoms with E-state index in [1.165, 1.54) is 6.20 Å². The van der Waals surface area contributed by atoms with Crippen molar-refractivity contribution < 1.29 is 19.2 Å². The molecule has 0 aliphatic rings. The molecular weight excluding hydrogens is 224 g/mol. The maximum Gasteiger partial charge on any atom is 0.407 e. The Bertz CT molecular complexity index is 343. The van der Waals surface area contributed by atoms with Gasteiger partial charge in [-0.15, -0.1) is 0 Å². The first-order valence-corrected chi connectivity index (χ1v) is 5.44. The molecule has 0 aliphatic carbocycles. The van der Waals surface area contributed by atoms with Crippen molar-refractivity contribution in [1.29, 1.82) is 0 Å². The van der Waals surface area contributed by atoms with Gasteiger partial charge in [-0.2, -0.15) is 0 Å². The quantitative estimate of drug-likeness (QED) is 0.838. The van der Waals surface area contributed by atoms with Crippen molar-refractivity contribution in [2.45, 2.75) is 38.9 Å². The van der Waals surface area contributed by atoms with Gasteiger partial charge in [0, 0.05) is 12.6 Å². The van der Waals surface area contributed by atoms with E-state index in [-0.39, 0.29) is 0 Å². The Morgan fingerprint density at radius 2 is 2.35 bits per heavy atom. The van der Waals surface area contributed by atoms with Gasteiger partial charge in [-0.3, -0.25) is 0 Å². The number of rotatable bonds is 4. The van der Waals surface area contributed by atoms with Crippen molar-refractivity contribution in [2.75, 3.05) is 6.54 Å². The van der Waals surface area contributed by atoms with Crippen LogP contribution in [0.15, 0.2) is 16.8 Å². The number of aliphatic hydroxyl groups is 1. The van der Waals surface area contributed by atoms with Crippen LogP contribution >= 0.6 is 0 Å². The number of alkyl carbamates (subject to hydrolysis) is 1. The van der Waals surface area contributed by atoms with Crippen molar-refractivity contribution >= 4 is 6.09 Å². The third kappa shape index (κ3) is 5.35. The second-order valence-corrected chi connectivity index (χ2v) is 4.65. The average molecular weight is 242 g/mol. The predicted molar refractivity (Wildman–Crippen MR) is 60.3 cm³/mol. The number of aliphatic hydroxyl groups excluding tert-OH is 1. The zero-order chi connectivity index (χ0) is 12.9. The topological polar surface area (TPSA) is 84.6 Å². The molecule has 1 amide bonds. The Hall–Kier alpha value is -1.56. The summed E-state index contributed by atoms with van der Waals surface area (Å²) in [4.78, 5) is 11.3. The molecule has 2 N–H and O–H groups in total. The molecule has 1 aromatic rings. The monoisotopic (exact) mass is 242 g/mol. The van der Waals surface area contributed by atoms with Crippen LogP contribution in [0.1, 0.15) is 39.1 Å². The molecule has 0 spiro atoms. The molecule has 0 radical (unpaired) electrons. The van der Waals surface area contributed by atoms with Crippen molar-refractivity contribution in [3.05, 3.63) is 18.0 Å². The van der Waals surface area contributed by atoms with E-state index in [0.29, 0.717) is 18.7 Å². The minimum Gasteiger partial charge on any atom is -0.444 e. The molecule has 0 saturated heterocycles. The second-order valence-electron chi connectivity index (χ2n) is 4.65. The summed E-state index contributed by atoms with van der Waals surface area (Å²) in [5.41, 5.74) is -0.520. The second kappa shape index (κ2) is 5.67. The number of amides is 1. The lowest BCUT2D eigenvalue weighted by Gasteiger charge is -2.19. The lowest BCUT2D eigenvalue weighted by molar-refractivity contribution is 0.0514. The normalized spacial score (nSPS) is 13.2. The molecule has 0 bridgehead atoms. The van der Waals surface area contributed by atoms with E-state index < -0.39 is 17.8 Å². The number of nitrogens with zero attached hydrogens (tertiary/aromatic N) is 1. The number of carbonyl (C=O) groups is 1. The van der Waals surface area contributed by atoms with Crippen molar-refractivity contribution in [3.63, 3.8) is 0 Å². The largest absolute Gasteiger partial charge is 0.444 e. The van der Waals surface area contributed by atoms with Gasteiger partial charge in [0.25, 0.3) is 0 Å². The van der Waals surface area contributed by atoms with Gasteiger partial charge in [0.1, 0.15) is 11.7 Å². The van der Waals surface area contributed by atoms with Gasteiger partial charge in [0.2, 0.25) is 0 Å². The Balaban J connectivity index is 2.22. The predicted octanol–water partition coefficient (Wildman–Crippen LogP) is 1.62. The van der Waals surface area contributed by atoms with Crippen molar-refractivity contribution in [3.8, 4) is 0 Å². The van der Waals surface area contributed by atoms with Crippen LogP contribution in [0, 0.1) is 0 Å². The fourth-order valence-electron chi connectivity index (χ4n) is 1.16. The first-order chi connectivity index (χ1) is 7.88. The minimum atomic E-state index is -0.771. The van der Waals surface area contributed by atoms with E-state index in [4.69, 9.17) is 9.26 Å². The Labute approximate surface area is 99.9 Å². The maximum absolute atomic E-state index is 11.3. The van der Waals surface area contributed by atoms with Crippen LogP contribution in [0.25, 0.3) is 0 Å².